The SMILES string of the molecule is Cc1ccc(C(=O)Cc2ccc(Cl)c(F)c2)cc1Br. The van der Waals surface area contributed by atoms with Crippen molar-refractivity contribution in [1.82, 2.24) is 0 Å². The molecule has 98 valence electrons. The fraction of sp³-hybridized carbons (Fsp3) is 0.133. The Morgan fingerprint density at radius 1 is 1.26 bits per heavy atom. The van der Waals surface area contributed by atoms with Crippen LogP contribution in [0.15, 0.2) is 40.9 Å². The predicted molar refractivity (Wildman–Crippen MR) is 78.3 cm³/mol. The Kier molecular flexibility index (Phi) is 4.38. The van der Waals surface area contributed by atoms with Gasteiger partial charge < -0.3 is 0 Å². The summed E-state index contributed by atoms with van der Waals surface area (Å²) in [6, 6.07) is 9.85. The lowest BCUT2D eigenvalue weighted by Crippen LogP contribution is -2.04. The van der Waals surface area contributed by atoms with Crippen LogP contribution < -0.4 is 0 Å². The van der Waals surface area contributed by atoms with Gasteiger partial charge in [0, 0.05) is 16.5 Å². The molecule has 0 aromatic heterocycles. The van der Waals surface area contributed by atoms with E-state index in [1.54, 1.807) is 18.2 Å². The smallest absolute Gasteiger partial charge is 0.167 e. The van der Waals surface area contributed by atoms with E-state index in [0.29, 0.717) is 11.1 Å². The average Bonchev–Trinajstić information content (AvgIpc) is 2.37. The molecular weight excluding hydrogens is 331 g/mol. The van der Waals surface area contributed by atoms with E-state index >= 15 is 0 Å². The van der Waals surface area contributed by atoms with E-state index in [9.17, 15) is 9.18 Å². The molecule has 2 rings (SSSR count). The second kappa shape index (κ2) is 5.85. The first kappa shape index (κ1) is 14.2. The van der Waals surface area contributed by atoms with Crippen molar-refractivity contribution in [1.29, 1.82) is 0 Å². The second-order valence-corrected chi connectivity index (χ2v) is 5.57. The van der Waals surface area contributed by atoms with Gasteiger partial charge in [-0.2, -0.15) is 0 Å². The number of ketones is 1. The molecule has 0 heterocycles. The summed E-state index contributed by atoms with van der Waals surface area (Å²) in [6.45, 7) is 1.95. The number of benzene rings is 2. The molecule has 2 aromatic carbocycles. The lowest BCUT2D eigenvalue weighted by atomic mass is 10.0. The van der Waals surface area contributed by atoms with E-state index in [1.165, 1.54) is 12.1 Å². The third kappa shape index (κ3) is 3.43. The number of carbonyl (C=O) groups is 1. The van der Waals surface area contributed by atoms with Crippen LogP contribution >= 0.6 is 27.5 Å². The Morgan fingerprint density at radius 3 is 2.63 bits per heavy atom. The maximum Gasteiger partial charge on any atom is 0.167 e. The molecule has 0 spiro atoms. The molecule has 0 atom stereocenters. The van der Waals surface area contributed by atoms with Gasteiger partial charge in [-0.25, -0.2) is 4.39 Å². The summed E-state index contributed by atoms with van der Waals surface area (Å²) in [6.07, 6.45) is 0.156. The number of aryl methyl sites for hydroxylation is 1. The molecule has 0 aliphatic rings. The summed E-state index contributed by atoms with van der Waals surface area (Å²) >= 11 is 9.00. The van der Waals surface area contributed by atoms with Crippen LogP contribution in [0.3, 0.4) is 0 Å². The second-order valence-electron chi connectivity index (χ2n) is 4.31. The Labute approximate surface area is 124 Å². The molecule has 0 amide bonds. The van der Waals surface area contributed by atoms with E-state index in [4.69, 9.17) is 11.6 Å². The van der Waals surface area contributed by atoms with Gasteiger partial charge in [0.1, 0.15) is 5.82 Å². The maximum atomic E-state index is 13.3. The minimum absolute atomic E-state index is 0.0533. The molecule has 0 N–H and O–H groups in total. The Balaban J connectivity index is 2.20. The van der Waals surface area contributed by atoms with E-state index in [1.807, 2.05) is 13.0 Å². The lowest BCUT2D eigenvalue weighted by molar-refractivity contribution is 0.0993. The van der Waals surface area contributed by atoms with Crippen molar-refractivity contribution in [2.24, 2.45) is 0 Å². The standard InChI is InChI=1S/C15H11BrClFO/c1-9-2-4-11(8-12(9)16)15(19)7-10-3-5-13(17)14(18)6-10/h2-6,8H,7H2,1H3. The van der Waals surface area contributed by atoms with Crippen molar-refractivity contribution in [3.8, 4) is 0 Å². The molecule has 2 aromatic rings. The highest BCUT2D eigenvalue weighted by Gasteiger charge is 2.10. The minimum Gasteiger partial charge on any atom is -0.294 e. The first-order chi connectivity index (χ1) is 8.97. The monoisotopic (exact) mass is 340 g/mol. The van der Waals surface area contributed by atoms with Gasteiger partial charge in [0.25, 0.3) is 0 Å². The average molecular weight is 342 g/mol. The number of hydrogen-bond donors (Lipinski definition) is 0. The number of carbonyl (C=O) groups excluding carboxylic acids is 1. The molecule has 0 fully saturated rings. The van der Waals surface area contributed by atoms with Crippen LogP contribution in [0.2, 0.25) is 5.02 Å². The van der Waals surface area contributed by atoms with Crippen LogP contribution in [0.5, 0.6) is 0 Å². The van der Waals surface area contributed by atoms with Crippen molar-refractivity contribution in [3.05, 3.63) is 68.4 Å². The third-order valence-electron chi connectivity index (χ3n) is 2.84. The van der Waals surface area contributed by atoms with Gasteiger partial charge in [0.15, 0.2) is 5.78 Å². The van der Waals surface area contributed by atoms with Crippen LogP contribution in [-0.4, -0.2) is 5.78 Å². The summed E-state index contributed by atoms with van der Waals surface area (Å²) in [7, 11) is 0. The molecule has 0 unspecified atom stereocenters. The zero-order valence-corrected chi connectivity index (χ0v) is 12.6. The van der Waals surface area contributed by atoms with E-state index < -0.39 is 5.82 Å². The first-order valence-electron chi connectivity index (χ1n) is 5.70. The van der Waals surface area contributed by atoms with Crippen LogP contribution in [0.4, 0.5) is 4.39 Å². The molecule has 19 heavy (non-hydrogen) atoms. The van der Waals surface area contributed by atoms with Crippen LogP contribution in [-0.2, 0) is 6.42 Å². The van der Waals surface area contributed by atoms with E-state index in [0.717, 1.165) is 10.0 Å². The van der Waals surface area contributed by atoms with Crippen molar-refractivity contribution < 1.29 is 9.18 Å². The van der Waals surface area contributed by atoms with Crippen LogP contribution in [0.1, 0.15) is 21.5 Å². The van der Waals surface area contributed by atoms with Gasteiger partial charge in [0.2, 0.25) is 0 Å². The van der Waals surface area contributed by atoms with E-state index in [2.05, 4.69) is 15.9 Å². The lowest BCUT2D eigenvalue weighted by Gasteiger charge is -2.05. The Hall–Kier alpha value is -1.19. The summed E-state index contributed by atoms with van der Waals surface area (Å²) < 4.78 is 14.2. The largest absolute Gasteiger partial charge is 0.294 e. The molecule has 1 nitrogen and oxygen atoms in total. The zero-order chi connectivity index (χ0) is 14.0. The minimum atomic E-state index is -0.503. The van der Waals surface area contributed by atoms with Crippen molar-refractivity contribution in [3.63, 3.8) is 0 Å². The fourth-order valence-electron chi connectivity index (χ4n) is 1.70. The predicted octanol–water partition coefficient (Wildman–Crippen LogP) is 4.98. The van der Waals surface area contributed by atoms with Crippen molar-refractivity contribution >= 4 is 33.3 Å². The highest BCUT2D eigenvalue weighted by atomic mass is 79.9. The molecule has 0 saturated heterocycles. The maximum absolute atomic E-state index is 13.3. The summed E-state index contributed by atoms with van der Waals surface area (Å²) in [5.74, 6) is -0.556. The number of hydrogen-bond acceptors (Lipinski definition) is 1. The summed E-state index contributed by atoms with van der Waals surface area (Å²) in [5.41, 5.74) is 2.28. The van der Waals surface area contributed by atoms with Gasteiger partial charge in [-0.1, -0.05) is 45.7 Å². The van der Waals surface area contributed by atoms with Gasteiger partial charge in [-0.3, -0.25) is 4.79 Å². The van der Waals surface area contributed by atoms with Gasteiger partial charge in [0.05, 0.1) is 5.02 Å². The Morgan fingerprint density at radius 2 is 2.00 bits per heavy atom. The van der Waals surface area contributed by atoms with E-state index in [-0.39, 0.29) is 17.2 Å². The van der Waals surface area contributed by atoms with Gasteiger partial charge in [-0.15, -0.1) is 0 Å². The molecule has 4 heteroatoms. The number of Topliss-reactive ketones (excluding diaryl/α,β-unsaturated/α-hetero) is 1. The van der Waals surface area contributed by atoms with Gasteiger partial charge in [-0.05, 0) is 36.2 Å². The molecule has 0 aliphatic heterocycles. The highest BCUT2D eigenvalue weighted by Crippen LogP contribution is 2.20. The fourth-order valence-corrected chi connectivity index (χ4v) is 2.20. The number of halogens is 3. The summed E-state index contributed by atoms with van der Waals surface area (Å²) in [4.78, 5) is 12.1. The normalized spacial score (nSPS) is 10.5. The third-order valence-corrected chi connectivity index (χ3v) is 4.00. The molecule has 0 bridgehead atoms. The molecule has 0 saturated carbocycles. The molecule has 0 radical (unpaired) electrons. The molecule has 0 aliphatic carbocycles. The van der Waals surface area contributed by atoms with Crippen molar-refractivity contribution in [2.45, 2.75) is 13.3 Å². The topological polar surface area (TPSA) is 17.1 Å². The quantitative estimate of drug-likeness (QED) is 0.720. The van der Waals surface area contributed by atoms with Crippen molar-refractivity contribution in [2.75, 3.05) is 0 Å². The number of rotatable bonds is 3. The summed E-state index contributed by atoms with van der Waals surface area (Å²) in [5, 5.41) is 0.0641. The zero-order valence-electron chi connectivity index (χ0n) is 10.2. The Bertz CT molecular complexity index is 640. The van der Waals surface area contributed by atoms with Gasteiger partial charge >= 0.3 is 0 Å². The van der Waals surface area contributed by atoms with Crippen LogP contribution in [0.25, 0.3) is 0 Å². The van der Waals surface area contributed by atoms with Crippen LogP contribution in [0, 0.1) is 12.7 Å². The first-order valence-corrected chi connectivity index (χ1v) is 6.88. The highest BCUT2D eigenvalue weighted by molar-refractivity contribution is 9.10. The molecular formula is C15H11BrClFO.